The normalized spacial score (nSPS) is 11.3. The highest BCUT2D eigenvalue weighted by Gasteiger charge is 2.25. The smallest absolute Gasteiger partial charge is 0.302 e. The number of phenols is 2. The molecule has 0 fully saturated rings. The molecule has 2 aromatic carbocycles. The molecule has 0 atom stereocenters. The molecule has 25 heavy (non-hydrogen) atoms. The highest BCUT2D eigenvalue weighted by molar-refractivity contribution is 5.96. The van der Waals surface area contributed by atoms with Crippen LogP contribution in [0.4, 0.5) is 5.69 Å². The zero-order chi connectivity index (χ0) is 18.1. The molecule has 3 aromatic rings. The first-order chi connectivity index (χ1) is 11.9. The van der Waals surface area contributed by atoms with Gasteiger partial charge in [0.2, 0.25) is 0 Å². The number of aromatic nitrogens is 1. The van der Waals surface area contributed by atoms with Gasteiger partial charge in [-0.15, -0.1) is 0 Å². The highest BCUT2D eigenvalue weighted by Crippen LogP contribution is 2.38. The van der Waals surface area contributed by atoms with Crippen molar-refractivity contribution in [3.05, 3.63) is 64.5 Å². The van der Waals surface area contributed by atoms with Gasteiger partial charge in [-0.25, -0.2) is 0 Å². The topological polar surface area (TPSA) is 91.8 Å². The second-order valence-electron chi connectivity index (χ2n) is 5.82. The van der Waals surface area contributed by atoms with Crippen LogP contribution in [0.1, 0.15) is 5.69 Å². The maximum Gasteiger partial charge on any atom is 0.302 e. The van der Waals surface area contributed by atoms with Gasteiger partial charge in [0.15, 0.2) is 0 Å². The van der Waals surface area contributed by atoms with Crippen molar-refractivity contribution in [2.24, 2.45) is 0 Å². The zero-order valence-corrected chi connectivity index (χ0v) is 13.7. The van der Waals surface area contributed by atoms with Crippen molar-refractivity contribution in [1.82, 2.24) is 9.47 Å². The number of fused-ring (bicyclic) bond motifs is 1. The SMILES string of the molecule is CN(C)C=Cc1c([N+](=O)[O-])c2ccc(O)cc2n1-c1ccc(O)cc1. The van der Waals surface area contributed by atoms with E-state index in [4.69, 9.17) is 0 Å². The number of rotatable bonds is 4. The number of nitrogens with zero attached hydrogens (tertiary/aromatic N) is 3. The Labute approximate surface area is 143 Å². The summed E-state index contributed by atoms with van der Waals surface area (Å²) in [5, 5.41) is 31.5. The van der Waals surface area contributed by atoms with Gasteiger partial charge in [0, 0.05) is 32.0 Å². The summed E-state index contributed by atoms with van der Waals surface area (Å²) >= 11 is 0. The lowest BCUT2D eigenvalue weighted by Gasteiger charge is -2.09. The van der Waals surface area contributed by atoms with Crippen LogP contribution in [0.2, 0.25) is 0 Å². The van der Waals surface area contributed by atoms with Gasteiger partial charge >= 0.3 is 5.69 Å². The van der Waals surface area contributed by atoms with Gasteiger partial charge in [0.05, 0.1) is 15.8 Å². The largest absolute Gasteiger partial charge is 0.508 e. The summed E-state index contributed by atoms with van der Waals surface area (Å²) in [6.45, 7) is 0. The quantitative estimate of drug-likeness (QED) is 0.561. The van der Waals surface area contributed by atoms with Crippen LogP contribution in [0.25, 0.3) is 22.7 Å². The number of aromatic hydroxyl groups is 2. The van der Waals surface area contributed by atoms with Crippen LogP contribution < -0.4 is 0 Å². The van der Waals surface area contributed by atoms with E-state index in [1.54, 1.807) is 33.9 Å². The Morgan fingerprint density at radius 1 is 1.08 bits per heavy atom. The van der Waals surface area contributed by atoms with Gasteiger partial charge < -0.3 is 19.7 Å². The number of benzene rings is 2. The summed E-state index contributed by atoms with van der Waals surface area (Å²) in [5.74, 6) is 0.117. The first-order valence-electron chi connectivity index (χ1n) is 7.54. The van der Waals surface area contributed by atoms with Crippen LogP contribution in [0.5, 0.6) is 11.5 Å². The molecule has 0 spiro atoms. The van der Waals surface area contributed by atoms with Gasteiger partial charge in [-0.05, 0) is 42.5 Å². The Morgan fingerprint density at radius 2 is 1.72 bits per heavy atom. The lowest BCUT2D eigenvalue weighted by atomic mass is 10.2. The molecule has 2 N–H and O–H groups in total. The Balaban J connectivity index is 2.42. The minimum Gasteiger partial charge on any atom is -0.508 e. The van der Waals surface area contributed by atoms with Crippen molar-refractivity contribution in [3.8, 4) is 17.2 Å². The van der Waals surface area contributed by atoms with Crippen LogP contribution in [-0.2, 0) is 0 Å². The summed E-state index contributed by atoms with van der Waals surface area (Å²) in [7, 11) is 3.64. The van der Waals surface area contributed by atoms with E-state index in [-0.39, 0.29) is 17.2 Å². The van der Waals surface area contributed by atoms with Crippen LogP contribution in [0, 0.1) is 10.1 Å². The molecule has 0 bridgehead atoms. The molecule has 0 amide bonds. The van der Waals surface area contributed by atoms with Gasteiger partial charge in [0.25, 0.3) is 0 Å². The molecule has 128 valence electrons. The molecule has 0 aliphatic rings. The third-order valence-corrected chi connectivity index (χ3v) is 3.78. The minimum atomic E-state index is -0.425. The first-order valence-corrected chi connectivity index (χ1v) is 7.54. The van der Waals surface area contributed by atoms with Gasteiger partial charge in [0.1, 0.15) is 17.2 Å². The third-order valence-electron chi connectivity index (χ3n) is 3.78. The summed E-state index contributed by atoms with van der Waals surface area (Å²) in [6, 6.07) is 10.8. The molecule has 7 nitrogen and oxygen atoms in total. The molecule has 0 aliphatic heterocycles. The van der Waals surface area contributed by atoms with Crippen molar-refractivity contribution < 1.29 is 15.1 Å². The van der Waals surface area contributed by atoms with E-state index in [9.17, 15) is 20.3 Å². The molecular weight excluding hydrogens is 322 g/mol. The molecule has 1 heterocycles. The van der Waals surface area contributed by atoms with Crippen molar-refractivity contribution in [2.75, 3.05) is 14.1 Å². The standard InChI is InChI=1S/C18H17N3O4/c1-19(2)10-9-16-18(21(24)25)15-8-7-14(23)11-17(15)20(16)12-3-5-13(22)6-4-12/h3-11,22-23H,1-2H3. The van der Waals surface area contributed by atoms with Crippen LogP contribution in [-0.4, -0.2) is 38.7 Å². The van der Waals surface area contributed by atoms with E-state index in [1.165, 1.54) is 30.3 Å². The molecule has 1 aromatic heterocycles. The highest BCUT2D eigenvalue weighted by atomic mass is 16.6. The predicted molar refractivity (Wildman–Crippen MR) is 96.0 cm³/mol. The molecule has 3 rings (SSSR count). The fraction of sp³-hybridized carbons (Fsp3) is 0.111. The fourth-order valence-corrected chi connectivity index (χ4v) is 2.72. The Bertz CT molecular complexity index is 972. The van der Waals surface area contributed by atoms with Crippen LogP contribution in [0.3, 0.4) is 0 Å². The van der Waals surface area contributed by atoms with Gasteiger partial charge in [-0.2, -0.15) is 0 Å². The first kappa shape index (κ1) is 16.4. The van der Waals surface area contributed by atoms with Crippen molar-refractivity contribution in [2.45, 2.75) is 0 Å². The molecular formula is C18H17N3O4. The second kappa shape index (κ2) is 6.20. The molecule has 0 saturated carbocycles. The van der Waals surface area contributed by atoms with Crippen LogP contribution in [0.15, 0.2) is 48.7 Å². The molecule has 7 heteroatoms. The monoisotopic (exact) mass is 339 g/mol. The lowest BCUT2D eigenvalue weighted by Crippen LogP contribution is -2.02. The summed E-state index contributed by atoms with van der Waals surface area (Å²) < 4.78 is 1.69. The summed E-state index contributed by atoms with van der Waals surface area (Å²) in [4.78, 5) is 13.1. The molecule has 0 radical (unpaired) electrons. The van der Waals surface area contributed by atoms with E-state index in [0.717, 1.165) is 0 Å². The van der Waals surface area contributed by atoms with E-state index < -0.39 is 4.92 Å². The van der Waals surface area contributed by atoms with Crippen molar-refractivity contribution in [3.63, 3.8) is 0 Å². The third kappa shape index (κ3) is 2.99. The minimum absolute atomic E-state index is 0.0167. The van der Waals surface area contributed by atoms with E-state index in [1.807, 2.05) is 14.1 Å². The summed E-state index contributed by atoms with van der Waals surface area (Å²) in [5.41, 5.74) is 1.49. The average molecular weight is 339 g/mol. The maximum absolute atomic E-state index is 11.7. The number of hydrogen-bond donors (Lipinski definition) is 2. The van der Waals surface area contributed by atoms with E-state index in [0.29, 0.717) is 22.3 Å². The van der Waals surface area contributed by atoms with Gasteiger partial charge in [-0.3, -0.25) is 10.1 Å². The maximum atomic E-state index is 11.7. The van der Waals surface area contributed by atoms with Crippen molar-refractivity contribution in [1.29, 1.82) is 0 Å². The molecule has 0 unspecified atom stereocenters. The lowest BCUT2D eigenvalue weighted by molar-refractivity contribution is -0.383. The Kier molecular flexibility index (Phi) is 4.06. The fourth-order valence-electron chi connectivity index (χ4n) is 2.72. The molecule has 0 saturated heterocycles. The zero-order valence-electron chi connectivity index (χ0n) is 13.7. The second-order valence-corrected chi connectivity index (χ2v) is 5.82. The Morgan fingerprint density at radius 3 is 2.32 bits per heavy atom. The molecule has 0 aliphatic carbocycles. The van der Waals surface area contributed by atoms with Gasteiger partial charge in [-0.1, -0.05) is 0 Å². The van der Waals surface area contributed by atoms with Crippen LogP contribution >= 0.6 is 0 Å². The number of nitro groups is 1. The Hall–Kier alpha value is -3.48. The predicted octanol–water partition coefficient (Wildman–Crippen LogP) is 3.48. The van der Waals surface area contributed by atoms with E-state index in [2.05, 4.69) is 0 Å². The number of hydrogen-bond acceptors (Lipinski definition) is 5. The summed E-state index contributed by atoms with van der Waals surface area (Å²) in [6.07, 6.45) is 3.38. The average Bonchev–Trinajstić information content (AvgIpc) is 2.87. The van der Waals surface area contributed by atoms with Crippen molar-refractivity contribution >= 4 is 22.7 Å². The number of phenolic OH excluding ortho intramolecular Hbond substituents is 2. The van der Waals surface area contributed by atoms with E-state index >= 15 is 0 Å².